The van der Waals surface area contributed by atoms with Crippen LogP contribution in [0, 0.1) is 0 Å². The molecule has 2 aliphatic carbocycles. The van der Waals surface area contributed by atoms with Gasteiger partial charge in [-0.15, -0.1) is 6.58 Å². The summed E-state index contributed by atoms with van der Waals surface area (Å²) in [5.41, 5.74) is 0.516. The van der Waals surface area contributed by atoms with E-state index in [1.165, 1.54) is 4.68 Å². The number of nitrogens with zero attached hydrogens (tertiary/aromatic N) is 3. The molecule has 1 aromatic rings. The number of hydrogen-bond acceptors (Lipinski definition) is 6. The molecule has 0 radical (unpaired) electrons. The minimum Gasteiger partial charge on any atom is -0.476 e. The monoisotopic (exact) mass is 437 g/mol. The molecule has 1 N–H and O–H groups in total. The van der Waals surface area contributed by atoms with Crippen molar-refractivity contribution in [3.63, 3.8) is 0 Å². The van der Waals surface area contributed by atoms with Crippen LogP contribution in [0.15, 0.2) is 12.7 Å². The zero-order valence-corrected chi connectivity index (χ0v) is 17.9. The number of rotatable bonds is 10. The highest BCUT2D eigenvalue weighted by atomic mass is 32.2. The van der Waals surface area contributed by atoms with Crippen molar-refractivity contribution in [2.45, 2.75) is 55.1 Å². The van der Waals surface area contributed by atoms with E-state index in [2.05, 4.69) is 11.7 Å². The molecular weight excluding hydrogens is 410 g/mol. The molecule has 4 rings (SSSR count). The van der Waals surface area contributed by atoms with Crippen LogP contribution in [0.1, 0.15) is 59.1 Å². The van der Waals surface area contributed by atoms with E-state index in [9.17, 15) is 23.1 Å². The SMILES string of the molecule is C=CCOCCn1nc(C(=O)O)c2c1C(=O)N(CC1(S(=O)(=O)C3(C)CC3)CC1)CC2. The number of aromatic carboxylic acids is 1. The van der Waals surface area contributed by atoms with Crippen LogP contribution in [0.2, 0.25) is 0 Å². The van der Waals surface area contributed by atoms with Gasteiger partial charge in [0.2, 0.25) is 0 Å². The van der Waals surface area contributed by atoms with Gasteiger partial charge in [0.05, 0.1) is 29.3 Å². The van der Waals surface area contributed by atoms with Gasteiger partial charge in [-0.2, -0.15) is 5.10 Å². The number of aromatic nitrogens is 2. The van der Waals surface area contributed by atoms with Crippen molar-refractivity contribution in [2.75, 3.05) is 26.3 Å². The number of fused-ring (bicyclic) bond motifs is 1. The zero-order valence-electron chi connectivity index (χ0n) is 17.1. The van der Waals surface area contributed by atoms with Crippen LogP contribution in [-0.4, -0.2) is 75.9 Å². The van der Waals surface area contributed by atoms with E-state index in [4.69, 9.17) is 4.74 Å². The number of carbonyl (C=O) groups excluding carboxylic acids is 1. The van der Waals surface area contributed by atoms with Crippen LogP contribution < -0.4 is 0 Å². The van der Waals surface area contributed by atoms with E-state index in [0.29, 0.717) is 50.8 Å². The van der Waals surface area contributed by atoms with E-state index in [1.54, 1.807) is 17.9 Å². The fourth-order valence-electron chi connectivity index (χ4n) is 4.24. The standard InChI is InChI=1S/C20H27N3O6S/c1-3-11-29-12-10-23-16-14(15(21-23)18(25)26)4-9-22(17(16)24)13-20(7-8-20)30(27,28)19(2)5-6-19/h3H,1,4-13H2,2H3,(H,25,26). The molecule has 0 saturated heterocycles. The molecule has 0 spiro atoms. The van der Waals surface area contributed by atoms with Gasteiger partial charge < -0.3 is 14.7 Å². The van der Waals surface area contributed by atoms with Crippen LogP contribution in [0.4, 0.5) is 0 Å². The largest absolute Gasteiger partial charge is 0.476 e. The van der Waals surface area contributed by atoms with Crippen molar-refractivity contribution in [3.8, 4) is 0 Å². The molecule has 2 saturated carbocycles. The summed E-state index contributed by atoms with van der Waals surface area (Å²) in [4.78, 5) is 26.5. The maximum Gasteiger partial charge on any atom is 0.356 e. The van der Waals surface area contributed by atoms with Crippen molar-refractivity contribution in [1.29, 1.82) is 0 Å². The molecule has 0 atom stereocenters. The van der Waals surface area contributed by atoms with Gasteiger partial charge in [-0.1, -0.05) is 6.08 Å². The number of carbonyl (C=O) groups is 2. The van der Waals surface area contributed by atoms with Gasteiger partial charge in [0, 0.05) is 18.7 Å². The summed E-state index contributed by atoms with van der Waals surface area (Å²) in [5, 5.41) is 13.6. The summed E-state index contributed by atoms with van der Waals surface area (Å²) in [5.74, 6) is -1.54. The first kappa shape index (κ1) is 21.0. The highest BCUT2D eigenvalue weighted by Gasteiger charge is 2.65. The third-order valence-electron chi connectivity index (χ3n) is 6.52. The fraction of sp³-hybridized carbons (Fsp3) is 0.650. The van der Waals surface area contributed by atoms with Crippen molar-refractivity contribution in [1.82, 2.24) is 14.7 Å². The van der Waals surface area contributed by atoms with Gasteiger partial charge in [0.25, 0.3) is 5.91 Å². The predicted octanol–water partition coefficient (Wildman–Crippen LogP) is 1.28. The molecule has 0 aromatic carbocycles. The molecule has 2 heterocycles. The van der Waals surface area contributed by atoms with E-state index >= 15 is 0 Å². The number of ether oxygens (including phenoxy) is 1. The lowest BCUT2D eigenvalue weighted by atomic mass is 10.0. The second-order valence-corrected chi connectivity index (χ2v) is 11.5. The molecule has 1 amide bonds. The van der Waals surface area contributed by atoms with Gasteiger partial charge in [-0.25, -0.2) is 13.2 Å². The lowest BCUT2D eigenvalue weighted by Crippen LogP contribution is -2.48. The quantitative estimate of drug-likeness (QED) is 0.433. The van der Waals surface area contributed by atoms with Gasteiger partial charge in [-0.3, -0.25) is 9.48 Å². The molecular formula is C20H27N3O6S. The average Bonchev–Trinajstić information content (AvgIpc) is 3.60. The Morgan fingerprint density at radius 3 is 2.60 bits per heavy atom. The summed E-state index contributed by atoms with van der Waals surface area (Å²) in [7, 11) is -3.33. The Labute approximate surface area is 175 Å². The summed E-state index contributed by atoms with van der Waals surface area (Å²) < 4.78 is 31.5. The first-order valence-electron chi connectivity index (χ1n) is 10.2. The van der Waals surface area contributed by atoms with Gasteiger partial charge in [0.15, 0.2) is 15.5 Å². The molecule has 0 bridgehead atoms. The topological polar surface area (TPSA) is 119 Å². The number of hydrogen-bond donors (Lipinski definition) is 1. The van der Waals surface area contributed by atoms with E-state index < -0.39 is 25.3 Å². The summed E-state index contributed by atoms with van der Waals surface area (Å²) in [6.07, 6.45) is 4.42. The molecule has 9 nitrogen and oxygen atoms in total. The number of amides is 1. The normalized spacial score (nSPS) is 21.2. The third-order valence-corrected chi connectivity index (χ3v) is 9.90. The second kappa shape index (κ2) is 7.19. The molecule has 164 valence electrons. The molecule has 10 heteroatoms. The van der Waals surface area contributed by atoms with Crippen molar-refractivity contribution in [2.24, 2.45) is 0 Å². The van der Waals surface area contributed by atoms with E-state index in [-0.39, 0.29) is 37.0 Å². The van der Waals surface area contributed by atoms with Crippen LogP contribution in [0.3, 0.4) is 0 Å². The highest BCUT2D eigenvalue weighted by Crippen LogP contribution is 2.56. The van der Waals surface area contributed by atoms with Crippen LogP contribution in [0.25, 0.3) is 0 Å². The highest BCUT2D eigenvalue weighted by molar-refractivity contribution is 7.94. The Bertz CT molecular complexity index is 1000. The van der Waals surface area contributed by atoms with E-state index in [1.807, 2.05) is 0 Å². The molecule has 0 unspecified atom stereocenters. The summed E-state index contributed by atoms with van der Waals surface area (Å²) in [6, 6.07) is 0. The Hall–Kier alpha value is -2.20. The molecule has 1 aliphatic heterocycles. The maximum atomic E-state index is 13.3. The third kappa shape index (κ3) is 3.26. The summed E-state index contributed by atoms with van der Waals surface area (Å²) in [6.45, 7) is 6.63. The minimum atomic E-state index is -3.33. The zero-order chi connectivity index (χ0) is 21.7. The first-order valence-corrected chi connectivity index (χ1v) is 11.7. The Morgan fingerprint density at radius 2 is 2.03 bits per heavy atom. The lowest BCUT2D eigenvalue weighted by molar-refractivity contribution is 0.0687. The van der Waals surface area contributed by atoms with Crippen molar-refractivity contribution < 1.29 is 27.9 Å². The maximum absolute atomic E-state index is 13.3. The van der Waals surface area contributed by atoms with Crippen LogP contribution in [-0.2, 0) is 27.5 Å². The van der Waals surface area contributed by atoms with Crippen LogP contribution >= 0.6 is 0 Å². The van der Waals surface area contributed by atoms with Crippen LogP contribution in [0.5, 0.6) is 0 Å². The molecule has 30 heavy (non-hydrogen) atoms. The molecule has 2 fully saturated rings. The van der Waals surface area contributed by atoms with Gasteiger partial charge >= 0.3 is 5.97 Å². The predicted molar refractivity (Wildman–Crippen MR) is 108 cm³/mol. The molecule has 1 aromatic heterocycles. The average molecular weight is 438 g/mol. The van der Waals surface area contributed by atoms with Crippen molar-refractivity contribution >= 4 is 21.7 Å². The smallest absolute Gasteiger partial charge is 0.356 e. The summed E-state index contributed by atoms with van der Waals surface area (Å²) >= 11 is 0. The Kier molecular flexibility index (Phi) is 5.05. The minimum absolute atomic E-state index is 0.124. The number of sulfone groups is 1. The Balaban J connectivity index is 1.58. The second-order valence-electron chi connectivity index (χ2n) is 8.68. The lowest BCUT2D eigenvalue weighted by Gasteiger charge is -2.32. The Morgan fingerprint density at radius 1 is 1.33 bits per heavy atom. The molecule has 3 aliphatic rings. The van der Waals surface area contributed by atoms with Crippen molar-refractivity contribution in [3.05, 3.63) is 29.6 Å². The fourth-order valence-corrected chi connectivity index (χ4v) is 6.89. The van der Waals surface area contributed by atoms with E-state index in [0.717, 1.165) is 0 Å². The van der Waals surface area contributed by atoms with Gasteiger partial charge in [-0.05, 0) is 39.0 Å². The number of carboxylic acids is 1. The first-order chi connectivity index (χ1) is 14.2. The van der Waals surface area contributed by atoms with Gasteiger partial charge in [0.1, 0.15) is 5.69 Å². The number of carboxylic acid groups (broad SMARTS) is 1.